The van der Waals surface area contributed by atoms with Crippen molar-refractivity contribution in [1.82, 2.24) is 0 Å². The van der Waals surface area contributed by atoms with Gasteiger partial charge in [-0.2, -0.15) is 0 Å². The standard InChI is InChI=1S/C9H13NO2/c1-7-6-8(11)2-3-9(7)12-5-4-10/h2-3,6,11H,4-5,10H2,1H3. The van der Waals surface area contributed by atoms with Gasteiger partial charge in [0.25, 0.3) is 0 Å². The summed E-state index contributed by atoms with van der Waals surface area (Å²) >= 11 is 0. The topological polar surface area (TPSA) is 55.5 Å². The summed E-state index contributed by atoms with van der Waals surface area (Å²) in [7, 11) is 0. The average Bonchev–Trinajstić information content (AvgIpc) is 2.03. The number of aryl methyl sites for hydroxylation is 1. The first-order valence-electron chi connectivity index (χ1n) is 3.86. The molecule has 0 saturated carbocycles. The van der Waals surface area contributed by atoms with Crippen LogP contribution in [-0.4, -0.2) is 18.3 Å². The minimum atomic E-state index is 0.257. The van der Waals surface area contributed by atoms with E-state index in [-0.39, 0.29) is 5.75 Å². The second-order valence-corrected chi connectivity index (χ2v) is 2.59. The van der Waals surface area contributed by atoms with Crippen molar-refractivity contribution >= 4 is 0 Å². The van der Waals surface area contributed by atoms with Gasteiger partial charge in [0.2, 0.25) is 0 Å². The Morgan fingerprint density at radius 1 is 1.50 bits per heavy atom. The Balaban J connectivity index is 2.72. The molecule has 0 fully saturated rings. The van der Waals surface area contributed by atoms with Gasteiger partial charge in [-0.05, 0) is 30.7 Å². The van der Waals surface area contributed by atoms with Gasteiger partial charge in [0.15, 0.2) is 0 Å². The fourth-order valence-corrected chi connectivity index (χ4v) is 0.964. The highest BCUT2D eigenvalue weighted by molar-refractivity contribution is 5.38. The minimum Gasteiger partial charge on any atom is -0.508 e. The Labute approximate surface area is 71.8 Å². The summed E-state index contributed by atoms with van der Waals surface area (Å²) in [5.41, 5.74) is 6.20. The van der Waals surface area contributed by atoms with Crippen molar-refractivity contribution in [3.63, 3.8) is 0 Å². The highest BCUT2D eigenvalue weighted by Gasteiger charge is 1.98. The normalized spacial score (nSPS) is 9.83. The zero-order valence-corrected chi connectivity index (χ0v) is 7.08. The van der Waals surface area contributed by atoms with Gasteiger partial charge in [-0.25, -0.2) is 0 Å². The van der Waals surface area contributed by atoms with Crippen LogP contribution in [0.2, 0.25) is 0 Å². The zero-order valence-electron chi connectivity index (χ0n) is 7.08. The molecule has 66 valence electrons. The molecule has 0 spiro atoms. The van der Waals surface area contributed by atoms with E-state index in [2.05, 4.69) is 0 Å². The molecule has 0 unspecified atom stereocenters. The number of aromatic hydroxyl groups is 1. The number of benzene rings is 1. The maximum atomic E-state index is 9.08. The van der Waals surface area contributed by atoms with Crippen LogP contribution >= 0.6 is 0 Å². The average molecular weight is 167 g/mol. The van der Waals surface area contributed by atoms with Crippen molar-refractivity contribution in [3.8, 4) is 11.5 Å². The van der Waals surface area contributed by atoms with Gasteiger partial charge in [0, 0.05) is 6.54 Å². The summed E-state index contributed by atoms with van der Waals surface area (Å²) in [4.78, 5) is 0. The molecule has 0 saturated heterocycles. The molecule has 0 radical (unpaired) electrons. The molecule has 12 heavy (non-hydrogen) atoms. The zero-order chi connectivity index (χ0) is 8.97. The van der Waals surface area contributed by atoms with E-state index in [9.17, 15) is 0 Å². The molecular formula is C9H13NO2. The van der Waals surface area contributed by atoms with Gasteiger partial charge >= 0.3 is 0 Å². The smallest absolute Gasteiger partial charge is 0.122 e. The lowest BCUT2D eigenvalue weighted by atomic mass is 10.2. The van der Waals surface area contributed by atoms with Crippen LogP contribution in [0.1, 0.15) is 5.56 Å². The second kappa shape index (κ2) is 3.97. The van der Waals surface area contributed by atoms with Crippen molar-refractivity contribution in [2.45, 2.75) is 6.92 Å². The fraction of sp³-hybridized carbons (Fsp3) is 0.333. The number of nitrogens with two attached hydrogens (primary N) is 1. The Morgan fingerprint density at radius 3 is 2.83 bits per heavy atom. The van der Waals surface area contributed by atoms with E-state index in [1.807, 2.05) is 6.92 Å². The Bertz CT molecular complexity index is 261. The molecule has 1 aromatic carbocycles. The predicted molar refractivity (Wildman–Crippen MR) is 47.4 cm³/mol. The molecule has 3 nitrogen and oxygen atoms in total. The third-order valence-corrected chi connectivity index (χ3v) is 1.53. The molecule has 1 aromatic rings. The number of hydrogen-bond donors (Lipinski definition) is 2. The van der Waals surface area contributed by atoms with Crippen LogP contribution in [-0.2, 0) is 0 Å². The Hall–Kier alpha value is -1.22. The van der Waals surface area contributed by atoms with Crippen LogP contribution in [0, 0.1) is 6.92 Å². The van der Waals surface area contributed by atoms with E-state index >= 15 is 0 Å². The van der Waals surface area contributed by atoms with Crippen molar-refractivity contribution in [2.24, 2.45) is 5.73 Å². The maximum absolute atomic E-state index is 9.08. The molecule has 0 aromatic heterocycles. The lowest BCUT2D eigenvalue weighted by Gasteiger charge is -2.07. The van der Waals surface area contributed by atoms with Crippen molar-refractivity contribution in [3.05, 3.63) is 23.8 Å². The van der Waals surface area contributed by atoms with Crippen LogP contribution in [0.5, 0.6) is 11.5 Å². The Kier molecular flexibility index (Phi) is 2.94. The van der Waals surface area contributed by atoms with Crippen molar-refractivity contribution in [2.75, 3.05) is 13.2 Å². The van der Waals surface area contributed by atoms with Gasteiger partial charge < -0.3 is 15.6 Å². The highest BCUT2D eigenvalue weighted by Crippen LogP contribution is 2.21. The minimum absolute atomic E-state index is 0.257. The van der Waals surface area contributed by atoms with Crippen LogP contribution < -0.4 is 10.5 Å². The molecule has 0 bridgehead atoms. The molecule has 0 atom stereocenters. The summed E-state index contributed by atoms with van der Waals surface area (Å²) in [6.07, 6.45) is 0. The van der Waals surface area contributed by atoms with E-state index in [1.165, 1.54) is 0 Å². The fourth-order valence-electron chi connectivity index (χ4n) is 0.964. The van der Waals surface area contributed by atoms with Gasteiger partial charge in [0.1, 0.15) is 18.1 Å². The molecule has 0 aliphatic carbocycles. The molecule has 3 heteroatoms. The summed E-state index contributed by atoms with van der Waals surface area (Å²) in [6, 6.07) is 4.99. The molecular weight excluding hydrogens is 154 g/mol. The van der Waals surface area contributed by atoms with E-state index in [0.29, 0.717) is 13.2 Å². The van der Waals surface area contributed by atoms with Crippen LogP contribution in [0.4, 0.5) is 0 Å². The molecule has 0 aliphatic rings. The maximum Gasteiger partial charge on any atom is 0.122 e. The molecule has 0 heterocycles. The second-order valence-electron chi connectivity index (χ2n) is 2.59. The van der Waals surface area contributed by atoms with E-state index in [4.69, 9.17) is 15.6 Å². The van der Waals surface area contributed by atoms with Crippen molar-refractivity contribution in [1.29, 1.82) is 0 Å². The number of phenols is 1. The lowest BCUT2D eigenvalue weighted by Crippen LogP contribution is -2.10. The molecule has 1 rings (SSSR count). The monoisotopic (exact) mass is 167 g/mol. The number of rotatable bonds is 3. The largest absolute Gasteiger partial charge is 0.508 e. The first kappa shape index (κ1) is 8.87. The third-order valence-electron chi connectivity index (χ3n) is 1.53. The first-order valence-corrected chi connectivity index (χ1v) is 3.86. The SMILES string of the molecule is Cc1cc(O)ccc1OCCN. The highest BCUT2D eigenvalue weighted by atomic mass is 16.5. The molecule has 0 amide bonds. The first-order chi connectivity index (χ1) is 5.74. The van der Waals surface area contributed by atoms with E-state index < -0.39 is 0 Å². The summed E-state index contributed by atoms with van der Waals surface area (Å²) in [5, 5.41) is 9.08. The van der Waals surface area contributed by atoms with E-state index in [0.717, 1.165) is 11.3 Å². The summed E-state index contributed by atoms with van der Waals surface area (Å²) in [6.45, 7) is 2.89. The quantitative estimate of drug-likeness (QED) is 0.707. The molecule has 3 N–H and O–H groups in total. The summed E-state index contributed by atoms with van der Waals surface area (Å²) in [5.74, 6) is 1.03. The van der Waals surface area contributed by atoms with Gasteiger partial charge in [0.05, 0.1) is 0 Å². The third kappa shape index (κ3) is 2.13. The van der Waals surface area contributed by atoms with Crippen LogP contribution in [0.3, 0.4) is 0 Å². The van der Waals surface area contributed by atoms with Crippen LogP contribution in [0.25, 0.3) is 0 Å². The lowest BCUT2D eigenvalue weighted by molar-refractivity contribution is 0.325. The van der Waals surface area contributed by atoms with Crippen LogP contribution in [0.15, 0.2) is 18.2 Å². The summed E-state index contributed by atoms with van der Waals surface area (Å²) < 4.78 is 5.30. The number of hydrogen-bond acceptors (Lipinski definition) is 3. The number of phenolic OH excluding ortho intramolecular Hbond substituents is 1. The van der Waals surface area contributed by atoms with Gasteiger partial charge in [-0.3, -0.25) is 0 Å². The molecule has 0 aliphatic heterocycles. The van der Waals surface area contributed by atoms with Gasteiger partial charge in [-0.1, -0.05) is 0 Å². The van der Waals surface area contributed by atoms with E-state index in [1.54, 1.807) is 18.2 Å². The van der Waals surface area contributed by atoms with Crippen molar-refractivity contribution < 1.29 is 9.84 Å². The Morgan fingerprint density at radius 2 is 2.25 bits per heavy atom. The predicted octanol–water partition coefficient (Wildman–Crippen LogP) is 1.04. The van der Waals surface area contributed by atoms with Gasteiger partial charge in [-0.15, -0.1) is 0 Å². The number of ether oxygens (including phenoxy) is 1.